The molecule has 1 aromatic rings. The molecule has 0 aromatic heterocycles. The lowest BCUT2D eigenvalue weighted by Gasteiger charge is -2.26. The van der Waals surface area contributed by atoms with Gasteiger partial charge in [-0.25, -0.2) is 8.42 Å². The van der Waals surface area contributed by atoms with Gasteiger partial charge < -0.3 is 9.80 Å². The molecule has 2 atom stereocenters. The fraction of sp³-hybridized carbons (Fsp3) is 0.529. The molecule has 2 unspecified atom stereocenters. The standard InChI is InChI=1S/C17H21ClN2O4S/c1-11-3-4-13(18)8-15(11)20-9-12(7-16(20)21)17(22)19(2)14-5-6-25(23,24)10-14/h3-4,8,12,14H,5-7,9-10H2,1-2H3. The lowest BCUT2D eigenvalue weighted by Crippen LogP contribution is -2.42. The van der Waals surface area contributed by atoms with Crippen LogP contribution in [0.5, 0.6) is 0 Å². The van der Waals surface area contributed by atoms with Gasteiger partial charge in [0, 0.05) is 36.8 Å². The second-order valence-electron chi connectivity index (χ2n) is 6.84. The van der Waals surface area contributed by atoms with Crippen LogP contribution in [0.2, 0.25) is 5.02 Å². The Morgan fingerprint density at radius 2 is 2.08 bits per heavy atom. The third-order valence-electron chi connectivity index (χ3n) is 5.04. The molecule has 136 valence electrons. The highest BCUT2D eigenvalue weighted by Crippen LogP contribution is 2.31. The Kier molecular flexibility index (Phi) is 4.81. The molecule has 2 aliphatic rings. The number of hydrogen-bond donors (Lipinski definition) is 0. The highest BCUT2D eigenvalue weighted by Gasteiger charge is 2.40. The maximum atomic E-state index is 12.7. The van der Waals surface area contributed by atoms with Crippen LogP contribution in [0.25, 0.3) is 0 Å². The Hall–Kier alpha value is -1.60. The Labute approximate surface area is 152 Å². The van der Waals surface area contributed by atoms with Crippen molar-refractivity contribution in [3.8, 4) is 0 Å². The van der Waals surface area contributed by atoms with Gasteiger partial charge in [0.2, 0.25) is 11.8 Å². The van der Waals surface area contributed by atoms with Crippen molar-refractivity contribution in [2.45, 2.75) is 25.8 Å². The summed E-state index contributed by atoms with van der Waals surface area (Å²) in [4.78, 5) is 28.3. The Bertz CT molecular complexity index is 824. The van der Waals surface area contributed by atoms with Gasteiger partial charge in [-0.2, -0.15) is 0 Å². The van der Waals surface area contributed by atoms with Crippen LogP contribution < -0.4 is 4.90 Å². The summed E-state index contributed by atoms with van der Waals surface area (Å²) in [5.41, 5.74) is 1.64. The number of sulfone groups is 1. The van der Waals surface area contributed by atoms with Crippen molar-refractivity contribution in [3.05, 3.63) is 28.8 Å². The summed E-state index contributed by atoms with van der Waals surface area (Å²) in [5.74, 6) is -0.618. The quantitative estimate of drug-likeness (QED) is 0.794. The number of aryl methyl sites for hydroxylation is 1. The number of carbonyl (C=O) groups is 2. The molecule has 0 saturated carbocycles. The SMILES string of the molecule is Cc1ccc(Cl)cc1N1CC(C(=O)N(C)C2CCS(=O)(=O)C2)CC1=O. The van der Waals surface area contributed by atoms with Gasteiger partial charge in [0.05, 0.1) is 17.4 Å². The van der Waals surface area contributed by atoms with Gasteiger partial charge in [-0.1, -0.05) is 17.7 Å². The van der Waals surface area contributed by atoms with Crippen LogP contribution in [0.3, 0.4) is 0 Å². The minimum absolute atomic E-state index is 0.00697. The number of amides is 2. The maximum Gasteiger partial charge on any atom is 0.228 e. The zero-order valence-electron chi connectivity index (χ0n) is 14.2. The molecule has 0 spiro atoms. The van der Waals surface area contributed by atoms with Crippen molar-refractivity contribution in [1.29, 1.82) is 0 Å². The van der Waals surface area contributed by atoms with Gasteiger partial charge in [0.25, 0.3) is 0 Å². The zero-order valence-corrected chi connectivity index (χ0v) is 15.8. The van der Waals surface area contributed by atoms with Gasteiger partial charge in [0.15, 0.2) is 9.84 Å². The first-order chi connectivity index (χ1) is 11.7. The molecule has 2 saturated heterocycles. The van der Waals surface area contributed by atoms with Crippen molar-refractivity contribution in [2.24, 2.45) is 5.92 Å². The molecule has 8 heteroatoms. The van der Waals surface area contributed by atoms with Gasteiger partial charge in [0.1, 0.15) is 0 Å². The highest BCUT2D eigenvalue weighted by molar-refractivity contribution is 7.91. The summed E-state index contributed by atoms with van der Waals surface area (Å²) in [6, 6.07) is 5.04. The molecule has 6 nitrogen and oxygen atoms in total. The molecule has 1 aromatic carbocycles. The van der Waals surface area contributed by atoms with Crippen LogP contribution in [0.4, 0.5) is 5.69 Å². The smallest absolute Gasteiger partial charge is 0.228 e. The monoisotopic (exact) mass is 384 g/mol. The summed E-state index contributed by atoms with van der Waals surface area (Å²) in [6.45, 7) is 2.19. The normalized spacial score (nSPS) is 25.4. The number of hydrogen-bond acceptors (Lipinski definition) is 4. The lowest BCUT2D eigenvalue weighted by molar-refractivity contribution is -0.136. The molecule has 2 fully saturated rings. The summed E-state index contributed by atoms with van der Waals surface area (Å²) in [7, 11) is -1.43. The molecular formula is C17H21ClN2O4S. The molecule has 0 aliphatic carbocycles. The minimum Gasteiger partial charge on any atom is -0.341 e. The average Bonchev–Trinajstić information content (AvgIpc) is 3.11. The van der Waals surface area contributed by atoms with E-state index in [1.165, 1.54) is 4.90 Å². The molecule has 0 bridgehead atoms. The number of halogens is 1. The molecule has 2 aliphatic heterocycles. The van der Waals surface area contributed by atoms with E-state index in [0.717, 1.165) is 11.3 Å². The summed E-state index contributed by atoms with van der Waals surface area (Å²) < 4.78 is 23.3. The minimum atomic E-state index is -3.06. The third kappa shape index (κ3) is 3.67. The van der Waals surface area contributed by atoms with Crippen molar-refractivity contribution in [1.82, 2.24) is 4.90 Å². The van der Waals surface area contributed by atoms with Gasteiger partial charge in [-0.3, -0.25) is 9.59 Å². The second-order valence-corrected chi connectivity index (χ2v) is 9.51. The Balaban J connectivity index is 1.74. The topological polar surface area (TPSA) is 74.8 Å². The predicted molar refractivity (Wildman–Crippen MR) is 96.5 cm³/mol. The fourth-order valence-corrected chi connectivity index (χ4v) is 5.47. The van der Waals surface area contributed by atoms with E-state index in [-0.39, 0.29) is 35.8 Å². The van der Waals surface area contributed by atoms with Crippen LogP contribution in [-0.2, 0) is 19.4 Å². The number of benzene rings is 1. The number of carbonyl (C=O) groups excluding carboxylic acids is 2. The molecule has 0 N–H and O–H groups in total. The zero-order chi connectivity index (χ0) is 18.4. The summed E-state index contributed by atoms with van der Waals surface area (Å²) >= 11 is 6.04. The second kappa shape index (κ2) is 6.61. The van der Waals surface area contributed by atoms with Gasteiger partial charge >= 0.3 is 0 Å². The van der Waals surface area contributed by atoms with E-state index in [4.69, 9.17) is 11.6 Å². The van der Waals surface area contributed by atoms with E-state index < -0.39 is 15.8 Å². The highest BCUT2D eigenvalue weighted by atomic mass is 35.5. The van der Waals surface area contributed by atoms with Crippen LogP contribution in [-0.4, -0.2) is 56.3 Å². The Morgan fingerprint density at radius 3 is 2.72 bits per heavy atom. The van der Waals surface area contributed by atoms with E-state index >= 15 is 0 Å². The van der Waals surface area contributed by atoms with Gasteiger partial charge in [-0.15, -0.1) is 0 Å². The van der Waals surface area contributed by atoms with Crippen molar-refractivity contribution >= 4 is 38.9 Å². The molecular weight excluding hydrogens is 364 g/mol. The molecule has 2 amide bonds. The average molecular weight is 385 g/mol. The van der Waals surface area contributed by atoms with Crippen LogP contribution in [0, 0.1) is 12.8 Å². The molecule has 0 radical (unpaired) electrons. The van der Waals surface area contributed by atoms with Crippen molar-refractivity contribution in [3.63, 3.8) is 0 Å². The van der Waals surface area contributed by atoms with Crippen LogP contribution >= 0.6 is 11.6 Å². The Morgan fingerprint density at radius 1 is 1.36 bits per heavy atom. The molecule has 3 rings (SSSR count). The maximum absolute atomic E-state index is 12.7. The van der Waals surface area contributed by atoms with Gasteiger partial charge in [-0.05, 0) is 31.0 Å². The fourth-order valence-electron chi connectivity index (χ4n) is 3.53. The number of nitrogens with zero attached hydrogens (tertiary/aromatic N) is 2. The van der Waals surface area contributed by atoms with Crippen molar-refractivity contribution in [2.75, 3.05) is 30.0 Å². The third-order valence-corrected chi connectivity index (χ3v) is 7.03. The lowest BCUT2D eigenvalue weighted by atomic mass is 10.1. The van der Waals surface area contributed by atoms with E-state index in [1.807, 2.05) is 13.0 Å². The predicted octanol–water partition coefficient (Wildman–Crippen LogP) is 1.65. The first kappa shape index (κ1) is 18.2. The van der Waals surface area contributed by atoms with E-state index in [1.54, 1.807) is 24.1 Å². The largest absolute Gasteiger partial charge is 0.341 e. The first-order valence-corrected chi connectivity index (χ1v) is 10.4. The number of rotatable bonds is 3. The number of anilines is 1. The van der Waals surface area contributed by atoms with E-state index in [2.05, 4.69) is 0 Å². The summed E-state index contributed by atoms with van der Waals surface area (Å²) in [5, 5.41) is 0.538. The molecule has 25 heavy (non-hydrogen) atoms. The van der Waals surface area contributed by atoms with Crippen molar-refractivity contribution < 1.29 is 18.0 Å². The summed E-state index contributed by atoms with van der Waals surface area (Å²) in [6.07, 6.45) is 0.594. The molecule has 2 heterocycles. The van der Waals surface area contributed by atoms with Crippen LogP contribution in [0.1, 0.15) is 18.4 Å². The first-order valence-electron chi connectivity index (χ1n) is 8.21. The van der Waals surface area contributed by atoms with Crippen LogP contribution in [0.15, 0.2) is 18.2 Å². The van der Waals surface area contributed by atoms with E-state index in [0.29, 0.717) is 18.0 Å². The van der Waals surface area contributed by atoms with E-state index in [9.17, 15) is 18.0 Å².